The van der Waals surface area contributed by atoms with Gasteiger partial charge in [0.2, 0.25) is 0 Å². The maximum absolute atomic E-state index is 12.8. The summed E-state index contributed by atoms with van der Waals surface area (Å²) in [6.07, 6.45) is 0. The third kappa shape index (κ3) is 2.15. The van der Waals surface area contributed by atoms with E-state index in [4.69, 9.17) is 0 Å². The normalized spacial score (nSPS) is 10.6. The summed E-state index contributed by atoms with van der Waals surface area (Å²) in [7, 11) is 0. The van der Waals surface area contributed by atoms with Gasteiger partial charge in [0.05, 0.1) is 5.69 Å². The van der Waals surface area contributed by atoms with Crippen LogP contribution < -0.4 is 5.32 Å². The Hall–Kier alpha value is -2.76. The van der Waals surface area contributed by atoms with Crippen LogP contribution in [0.3, 0.4) is 0 Å². The number of nitrogens with zero attached hydrogens (tertiary/aromatic N) is 2. The number of nitrogens with one attached hydrogen (secondary N) is 1. The summed E-state index contributed by atoms with van der Waals surface area (Å²) in [6, 6.07) is 10.4. The molecule has 0 spiro atoms. The van der Waals surface area contributed by atoms with Crippen molar-refractivity contribution in [2.45, 2.75) is 0 Å². The van der Waals surface area contributed by atoms with Gasteiger partial charge in [-0.1, -0.05) is 6.07 Å². The Morgan fingerprint density at radius 2 is 1.89 bits per heavy atom. The van der Waals surface area contributed by atoms with Crippen molar-refractivity contribution in [3.8, 4) is 0 Å². The van der Waals surface area contributed by atoms with Crippen LogP contribution in [0.25, 0.3) is 11.0 Å². The molecule has 2 aromatic carbocycles. The Bertz CT molecular complexity index is 737. The summed E-state index contributed by atoms with van der Waals surface area (Å²) in [5.41, 5.74) is 1.87. The van der Waals surface area contributed by atoms with E-state index in [0.717, 1.165) is 0 Å². The first kappa shape index (κ1) is 11.3. The SMILES string of the molecule is O=C(Nc1cccc2nonc12)c1ccc(F)cc1. The van der Waals surface area contributed by atoms with Crippen LogP contribution in [0.15, 0.2) is 47.1 Å². The maximum atomic E-state index is 12.8. The lowest BCUT2D eigenvalue weighted by molar-refractivity contribution is 0.102. The van der Waals surface area contributed by atoms with Crippen molar-refractivity contribution in [3.63, 3.8) is 0 Å². The third-order valence-electron chi connectivity index (χ3n) is 2.64. The van der Waals surface area contributed by atoms with E-state index in [9.17, 15) is 9.18 Å². The molecule has 1 aromatic heterocycles. The molecule has 1 N–H and O–H groups in total. The zero-order chi connectivity index (χ0) is 13.2. The summed E-state index contributed by atoms with van der Waals surface area (Å²) in [6.45, 7) is 0. The standard InChI is InChI=1S/C13H8FN3O2/c14-9-6-4-8(5-7-9)13(18)15-10-2-1-3-11-12(10)17-19-16-11/h1-7H,(H,15,18). The van der Waals surface area contributed by atoms with Gasteiger partial charge in [-0.15, -0.1) is 0 Å². The Labute approximate surface area is 107 Å². The summed E-state index contributed by atoms with van der Waals surface area (Å²) in [4.78, 5) is 12.0. The van der Waals surface area contributed by atoms with Gasteiger partial charge in [0, 0.05) is 5.56 Å². The average molecular weight is 257 g/mol. The first-order valence-corrected chi connectivity index (χ1v) is 5.52. The van der Waals surface area contributed by atoms with Crippen LogP contribution in [0.4, 0.5) is 10.1 Å². The van der Waals surface area contributed by atoms with Gasteiger partial charge in [-0.2, -0.15) is 0 Å². The van der Waals surface area contributed by atoms with Gasteiger partial charge in [-0.3, -0.25) is 4.79 Å². The molecule has 0 saturated heterocycles. The fraction of sp³-hybridized carbons (Fsp3) is 0. The molecule has 0 aliphatic rings. The highest BCUT2D eigenvalue weighted by molar-refractivity contribution is 6.07. The lowest BCUT2D eigenvalue weighted by Gasteiger charge is -2.04. The predicted octanol–water partition coefficient (Wildman–Crippen LogP) is 2.61. The second-order valence-electron chi connectivity index (χ2n) is 3.90. The van der Waals surface area contributed by atoms with E-state index in [0.29, 0.717) is 22.3 Å². The number of fused-ring (bicyclic) bond motifs is 1. The van der Waals surface area contributed by atoms with Crippen molar-refractivity contribution in [1.29, 1.82) is 0 Å². The number of rotatable bonds is 2. The molecule has 0 bridgehead atoms. The van der Waals surface area contributed by atoms with Crippen molar-refractivity contribution in [2.75, 3.05) is 5.32 Å². The molecule has 3 aromatic rings. The highest BCUT2D eigenvalue weighted by Gasteiger charge is 2.11. The summed E-state index contributed by atoms with van der Waals surface area (Å²) >= 11 is 0. The lowest BCUT2D eigenvalue weighted by Crippen LogP contribution is -2.12. The second kappa shape index (κ2) is 4.49. The fourth-order valence-electron chi connectivity index (χ4n) is 1.70. The van der Waals surface area contributed by atoms with Crippen LogP contribution in [-0.4, -0.2) is 16.2 Å². The summed E-state index contributed by atoms with van der Waals surface area (Å²) in [5, 5.41) is 10.1. The van der Waals surface area contributed by atoms with Gasteiger partial charge in [-0.25, -0.2) is 9.02 Å². The summed E-state index contributed by atoms with van der Waals surface area (Å²) < 4.78 is 17.4. The van der Waals surface area contributed by atoms with Crippen LogP contribution in [0.5, 0.6) is 0 Å². The Morgan fingerprint density at radius 3 is 2.68 bits per heavy atom. The van der Waals surface area contributed by atoms with Crippen molar-refractivity contribution in [2.24, 2.45) is 0 Å². The number of benzene rings is 2. The molecule has 3 rings (SSSR count). The fourth-order valence-corrected chi connectivity index (χ4v) is 1.70. The van der Waals surface area contributed by atoms with Crippen molar-refractivity contribution < 1.29 is 13.8 Å². The van der Waals surface area contributed by atoms with Gasteiger partial charge in [0.15, 0.2) is 5.52 Å². The molecule has 1 amide bonds. The van der Waals surface area contributed by atoms with Crippen LogP contribution in [-0.2, 0) is 0 Å². The highest BCUT2D eigenvalue weighted by Crippen LogP contribution is 2.20. The smallest absolute Gasteiger partial charge is 0.255 e. The number of hydrogen-bond acceptors (Lipinski definition) is 4. The van der Waals surface area contributed by atoms with E-state index in [1.165, 1.54) is 24.3 Å². The highest BCUT2D eigenvalue weighted by atomic mass is 19.1. The molecule has 1 heterocycles. The monoisotopic (exact) mass is 257 g/mol. The van der Waals surface area contributed by atoms with Gasteiger partial charge < -0.3 is 5.32 Å². The minimum Gasteiger partial charge on any atom is -0.320 e. The predicted molar refractivity (Wildman–Crippen MR) is 66.2 cm³/mol. The molecule has 0 fully saturated rings. The van der Waals surface area contributed by atoms with Crippen LogP contribution in [0.1, 0.15) is 10.4 Å². The van der Waals surface area contributed by atoms with E-state index in [1.807, 2.05) is 0 Å². The minimum absolute atomic E-state index is 0.351. The number of carbonyl (C=O) groups is 1. The first-order valence-electron chi connectivity index (χ1n) is 5.52. The second-order valence-corrected chi connectivity index (χ2v) is 3.90. The lowest BCUT2D eigenvalue weighted by atomic mass is 10.2. The summed E-state index contributed by atoms with van der Waals surface area (Å²) in [5.74, 6) is -0.741. The minimum atomic E-state index is -0.389. The largest absolute Gasteiger partial charge is 0.320 e. The maximum Gasteiger partial charge on any atom is 0.255 e. The van der Waals surface area contributed by atoms with Crippen molar-refractivity contribution in [1.82, 2.24) is 10.3 Å². The Kier molecular flexibility index (Phi) is 2.68. The number of halogens is 1. The number of amides is 1. The first-order chi connectivity index (χ1) is 9.24. The Morgan fingerprint density at radius 1 is 1.11 bits per heavy atom. The van der Waals surface area contributed by atoms with Crippen molar-refractivity contribution >= 4 is 22.6 Å². The number of carbonyl (C=O) groups excluding carboxylic acids is 1. The Balaban J connectivity index is 1.90. The third-order valence-corrected chi connectivity index (χ3v) is 2.64. The number of anilines is 1. The van der Waals surface area contributed by atoms with Crippen molar-refractivity contribution in [3.05, 3.63) is 53.8 Å². The molecule has 0 radical (unpaired) electrons. The van der Waals surface area contributed by atoms with E-state index < -0.39 is 0 Å². The molecule has 0 unspecified atom stereocenters. The molecule has 6 heteroatoms. The molecule has 0 saturated carbocycles. The van der Waals surface area contributed by atoms with Gasteiger partial charge in [-0.05, 0) is 46.7 Å². The molecule has 94 valence electrons. The van der Waals surface area contributed by atoms with Gasteiger partial charge >= 0.3 is 0 Å². The molecular formula is C13H8FN3O2. The zero-order valence-electron chi connectivity index (χ0n) is 9.63. The van der Waals surface area contributed by atoms with E-state index in [-0.39, 0.29) is 11.7 Å². The topological polar surface area (TPSA) is 68.0 Å². The average Bonchev–Trinajstić information content (AvgIpc) is 2.89. The number of hydrogen-bond donors (Lipinski definition) is 1. The van der Waals surface area contributed by atoms with Crippen LogP contribution >= 0.6 is 0 Å². The van der Waals surface area contributed by atoms with Gasteiger partial charge in [0.1, 0.15) is 11.3 Å². The van der Waals surface area contributed by atoms with Crippen LogP contribution in [0, 0.1) is 5.82 Å². The van der Waals surface area contributed by atoms with E-state index >= 15 is 0 Å². The quantitative estimate of drug-likeness (QED) is 0.766. The molecule has 19 heavy (non-hydrogen) atoms. The molecule has 0 atom stereocenters. The molecule has 5 nitrogen and oxygen atoms in total. The van der Waals surface area contributed by atoms with E-state index in [1.54, 1.807) is 18.2 Å². The van der Waals surface area contributed by atoms with Gasteiger partial charge in [0.25, 0.3) is 5.91 Å². The molecule has 0 aliphatic heterocycles. The van der Waals surface area contributed by atoms with E-state index in [2.05, 4.69) is 20.3 Å². The number of aromatic nitrogens is 2. The molecular weight excluding hydrogens is 249 g/mol. The zero-order valence-corrected chi connectivity index (χ0v) is 9.63. The molecule has 0 aliphatic carbocycles. The van der Waals surface area contributed by atoms with Crippen LogP contribution in [0.2, 0.25) is 0 Å².